The summed E-state index contributed by atoms with van der Waals surface area (Å²) in [5.41, 5.74) is 1.44. The Labute approximate surface area is 110 Å². The van der Waals surface area contributed by atoms with Gasteiger partial charge in [-0.2, -0.15) is 10.2 Å². The Kier molecular flexibility index (Phi) is 3.28. The van der Waals surface area contributed by atoms with E-state index in [1.807, 2.05) is 0 Å². The maximum Gasteiger partial charge on any atom is 0.256 e. The molecule has 0 saturated carbocycles. The SMILES string of the molecule is Cc1cc(C(=O)N2CC(=O)NC(=O)C2C)c(C)nn1. The van der Waals surface area contributed by atoms with Crippen molar-refractivity contribution < 1.29 is 14.4 Å². The highest BCUT2D eigenvalue weighted by Gasteiger charge is 2.34. The lowest BCUT2D eigenvalue weighted by Gasteiger charge is -2.31. The molecule has 1 unspecified atom stereocenters. The Morgan fingerprint density at radius 1 is 1.37 bits per heavy atom. The lowest BCUT2D eigenvalue weighted by Crippen LogP contribution is -2.58. The highest BCUT2D eigenvalue weighted by molar-refractivity contribution is 6.07. The van der Waals surface area contributed by atoms with Gasteiger partial charge in [-0.15, -0.1) is 0 Å². The van der Waals surface area contributed by atoms with Gasteiger partial charge in [-0.3, -0.25) is 19.7 Å². The van der Waals surface area contributed by atoms with Gasteiger partial charge in [0.2, 0.25) is 11.8 Å². The first-order valence-electron chi connectivity index (χ1n) is 5.85. The van der Waals surface area contributed by atoms with E-state index in [2.05, 4.69) is 15.5 Å². The summed E-state index contributed by atoms with van der Waals surface area (Å²) in [6.45, 7) is 4.83. The smallest absolute Gasteiger partial charge is 0.256 e. The number of hydrogen-bond donors (Lipinski definition) is 1. The molecule has 1 aromatic heterocycles. The van der Waals surface area contributed by atoms with Crippen LogP contribution in [0.5, 0.6) is 0 Å². The van der Waals surface area contributed by atoms with Crippen LogP contribution in [0.15, 0.2) is 6.07 Å². The molecule has 0 bridgehead atoms. The molecule has 19 heavy (non-hydrogen) atoms. The Morgan fingerprint density at radius 3 is 2.74 bits per heavy atom. The van der Waals surface area contributed by atoms with Crippen molar-refractivity contribution in [2.45, 2.75) is 26.8 Å². The zero-order valence-electron chi connectivity index (χ0n) is 10.9. The van der Waals surface area contributed by atoms with Gasteiger partial charge in [-0.05, 0) is 26.8 Å². The molecule has 1 aliphatic heterocycles. The standard InChI is InChI=1S/C12H14N4O3/c1-6-4-9(7(2)15-14-6)12(19)16-5-10(17)13-11(18)8(16)3/h4,8H,5H2,1-3H3,(H,13,17,18). The molecule has 2 heterocycles. The van der Waals surface area contributed by atoms with Crippen LogP contribution in [-0.2, 0) is 9.59 Å². The van der Waals surface area contributed by atoms with Gasteiger partial charge in [0, 0.05) is 0 Å². The second-order valence-corrected chi connectivity index (χ2v) is 4.51. The largest absolute Gasteiger partial charge is 0.318 e. The third-order valence-electron chi connectivity index (χ3n) is 3.02. The van der Waals surface area contributed by atoms with E-state index in [-0.39, 0.29) is 12.5 Å². The van der Waals surface area contributed by atoms with Gasteiger partial charge < -0.3 is 4.90 Å². The molecule has 0 aromatic carbocycles. The number of rotatable bonds is 1. The minimum absolute atomic E-state index is 0.132. The summed E-state index contributed by atoms with van der Waals surface area (Å²) in [5, 5.41) is 9.92. The summed E-state index contributed by atoms with van der Waals surface area (Å²) >= 11 is 0. The van der Waals surface area contributed by atoms with Crippen molar-refractivity contribution in [1.29, 1.82) is 0 Å². The number of carbonyl (C=O) groups excluding carboxylic acids is 3. The molecule has 1 atom stereocenters. The fourth-order valence-electron chi connectivity index (χ4n) is 1.88. The molecule has 1 aliphatic rings. The zero-order chi connectivity index (χ0) is 14.2. The van der Waals surface area contributed by atoms with Crippen LogP contribution >= 0.6 is 0 Å². The van der Waals surface area contributed by atoms with Crippen LogP contribution in [0, 0.1) is 13.8 Å². The van der Waals surface area contributed by atoms with E-state index in [0.717, 1.165) is 0 Å². The second-order valence-electron chi connectivity index (χ2n) is 4.51. The van der Waals surface area contributed by atoms with Crippen molar-refractivity contribution in [3.8, 4) is 0 Å². The fraction of sp³-hybridized carbons (Fsp3) is 0.417. The highest BCUT2D eigenvalue weighted by atomic mass is 16.2. The van der Waals surface area contributed by atoms with Crippen molar-refractivity contribution in [3.63, 3.8) is 0 Å². The number of hydrogen-bond acceptors (Lipinski definition) is 5. The lowest BCUT2D eigenvalue weighted by molar-refractivity contribution is -0.138. The maximum absolute atomic E-state index is 12.4. The van der Waals surface area contributed by atoms with E-state index in [4.69, 9.17) is 0 Å². The Balaban J connectivity index is 2.35. The summed E-state index contributed by atoms with van der Waals surface area (Å²) in [6, 6.07) is 0.923. The van der Waals surface area contributed by atoms with Crippen LogP contribution in [0.1, 0.15) is 28.7 Å². The molecule has 7 nitrogen and oxygen atoms in total. The number of nitrogens with one attached hydrogen (secondary N) is 1. The van der Waals surface area contributed by atoms with Gasteiger partial charge >= 0.3 is 0 Å². The number of amides is 3. The molecule has 0 spiro atoms. The number of nitrogens with zero attached hydrogens (tertiary/aromatic N) is 3. The quantitative estimate of drug-likeness (QED) is 0.694. The Morgan fingerprint density at radius 2 is 2.05 bits per heavy atom. The summed E-state index contributed by atoms with van der Waals surface area (Å²) in [4.78, 5) is 36.6. The molecule has 100 valence electrons. The normalized spacial score (nSPS) is 19.3. The van der Waals surface area contributed by atoms with Crippen LogP contribution in [0.4, 0.5) is 0 Å². The number of piperazine rings is 1. The summed E-state index contributed by atoms with van der Waals surface area (Å²) in [5.74, 6) is -1.33. The Bertz CT molecular complexity index is 570. The van der Waals surface area contributed by atoms with Crippen LogP contribution in [0.3, 0.4) is 0 Å². The summed E-state index contributed by atoms with van der Waals surface area (Å²) < 4.78 is 0. The molecule has 7 heteroatoms. The van der Waals surface area contributed by atoms with Crippen LogP contribution in [0.2, 0.25) is 0 Å². The number of imide groups is 1. The van der Waals surface area contributed by atoms with Gasteiger partial charge in [0.25, 0.3) is 5.91 Å². The monoisotopic (exact) mass is 262 g/mol. The fourth-order valence-corrected chi connectivity index (χ4v) is 1.88. The zero-order valence-corrected chi connectivity index (χ0v) is 10.9. The van der Waals surface area contributed by atoms with Crippen molar-refractivity contribution in [2.24, 2.45) is 0 Å². The molecule has 1 N–H and O–H groups in total. The van der Waals surface area contributed by atoms with Crippen molar-refractivity contribution in [2.75, 3.05) is 6.54 Å². The molecular weight excluding hydrogens is 248 g/mol. The number of carbonyl (C=O) groups is 3. The predicted octanol–water partition coefficient (Wildman–Crippen LogP) is -0.419. The molecule has 2 rings (SSSR count). The highest BCUT2D eigenvalue weighted by Crippen LogP contribution is 2.14. The Hall–Kier alpha value is -2.31. The summed E-state index contributed by atoms with van der Waals surface area (Å²) in [6.07, 6.45) is 0. The first kappa shape index (κ1) is 13.1. The van der Waals surface area contributed by atoms with Gasteiger partial charge in [0.15, 0.2) is 0 Å². The third-order valence-corrected chi connectivity index (χ3v) is 3.02. The van der Waals surface area contributed by atoms with Crippen LogP contribution in [0.25, 0.3) is 0 Å². The second kappa shape index (κ2) is 4.75. The molecule has 1 fully saturated rings. The van der Waals surface area contributed by atoms with Gasteiger partial charge in [0.1, 0.15) is 12.6 Å². The van der Waals surface area contributed by atoms with Gasteiger partial charge in [-0.1, -0.05) is 0 Å². The first-order chi connectivity index (χ1) is 8.90. The molecule has 3 amide bonds. The minimum Gasteiger partial charge on any atom is -0.318 e. The van der Waals surface area contributed by atoms with E-state index in [1.165, 1.54) is 4.90 Å². The average molecular weight is 262 g/mol. The number of aromatic nitrogens is 2. The van der Waals surface area contributed by atoms with Crippen molar-refractivity contribution >= 4 is 17.7 Å². The molecule has 1 aromatic rings. The minimum atomic E-state index is -0.682. The van der Waals surface area contributed by atoms with Crippen molar-refractivity contribution in [1.82, 2.24) is 20.4 Å². The molecule has 1 saturated heterocycles. The van der Waals surface area contributed by atoms with E-state index in [9.17, 15) is 14.4 Å². The number of aryl methyl sites for hydroxylation is 2. The van der Waals surface area contributed by atoms with Crippen molar-refractivity contribution in [3.05, 3.63) is 23.0 Å². The van der Waals surface area contributed by atoms with E-state index in [0.29, 0.717) is 17.0 Å². The van der Waals surface area contributed by atoms with Gasteiger partial charge in [0.05, 0.1) is 17.0 Å². The topological polar surface area (TPSA) is 92.3 Å². The van der Waals surface area contributed by atoms with Gasteiger partial charge in [-0.25, -0.2) is 0 Å². The van der Waals surface area contributed by atoms with E-state index in [1.54, 1.807) is 26.8 Å². The molecular formula is C12H14N4O3. The predicted molar refractivity (Wildman–Crippen MR) is 65.2 cm³/mol. The first-order valence-corrected chi connectivity index (χ1v) is 5.85. The maximum atomic E-state index is 12.4. The third kappa shape index (κ3) is 2.44. The average Bonchev–Trinajstić information content (AvgIpc) is 2.36. The molecule has 0 radical (unpaired) electrons. The van der Waals surface area contributed by atoms with Crippen LogP contribution in [-0.4, -0.2) is 45.4 Å². The lowest BCUT2D eigenvalue weighted by atomic mass is 10.1. The summed E-state index contributed by atoms with van der Waals surface area (Å²) in [7, 11) is 0. The van der Waals surface area contributed by atoms with E-state index < -0.39 is 17.9 Å². The van der Waals surface area contributed by atoms with E-state index >= 15 is 0 Å². The van der Waals surface area contributed by atoms with Crippen LogP contribution < -0.4 is 5.32 Å². The molecule has 0 aliphatic carbocycles.